The number of nitrogens with one attached hydrogen (secondary N) is 3. The highest BCUT2D eigenvalue weighted by Gasteiger charge is 2.38. The minimum Gasteiger partial charge on any atom is -0.487 e. The summed E-state index contributed by atoms with van der Waals surface area (Å²) in [6.45, 7) is 5.14. The molecule has 42 heavy (non-hydrogen) atoms. The van der Waals surface area contributed by atoms with E-state index in [4.69, 9.17) is 14.6 Å². The molecule has 5 rings (SSSR count). The molecule has 1 amide bonds. The highest BCUT2D eigenvalue weighted by atomic mass is 19.4. The minimum absolute atomic E-state index is 0.000104. The van der Waals surface area contributed by atoms with Gasteiger partial charge in [-0.15, -0.1) is 0 Å². The van der Waals surface area contributed by atoms with E-state index in [0.717, 1.165) is 19.5 Å². The molecule has 1 atom stereocenters. The Morgan fingerprint density at radius 3 is 2.55 bits per heavy atom. The van der Waals surface area contributed by atoms with Crippen LogP contribution < -0.4 is 20.7 Å². The summed E-state index contributed by atoms with van der Waals surface area (Å²) in [7, 11) is 0. The summed E-state index contributed by atoms with van der Waals surface area (Å²) < 4.78 is 52.2. The van der Waals surface area contributed by atoms with Crippen molar-refractivity contribution in [1.82, 2.24) is 20.3 Å². The normalized spacial score (nSPS) is 14.4. The van der Waals surface area contributed by atoms with Crippen LogP contribution in [0.1, 0.15) is 6.42 Å². The Morgan fingerprint density at radius 1 is 1.12 bits per heavy atom. The lowest BCUT2D eigenvalue weighted by atomic mass is 10.1. The summed E-state index contributed by atoms with van der Waals surface area (Å²) in [4.78, 5) is 34.1. The van der Waals surface area contributed by atoms with Crippen molar-refractivity contribution in [3.05, 3.63) is 79.5 Å². The van der Waals surface area contributed by atoms with Crippen molar-refractivity contribution in [2.24, 2.45) is 0 Å². The molecule has 10 nitrogen and oxygen atoms in total. The van der Waals surface area contributed by atoms with Gasteiger partial charge < -0.3 is 25.8 Å². The van der Waals surface area contributed by atoms with E-state index >= 15 is 0 Å². The van der Waals surface area contributed by atoms with Gasteiger partial charge >= 0.3 is 12.1 Å². The molecule has 4 N–H and O–H groups in total. The number of rotatable bonds is 7. The third-order valence-corrected chi connectivity index (χ3v) is 5.90. The molecular formula is C28H24F4N6O4. The largest absolute Gasteiger partial charge is 0.490 e. The van der Waals surface area contributed by atoms with Crippen LogP contribution >= 0.6 is 0 Å². The summed E-state index contributed by atoms with van der Waals surface area (Å²) in [6, 6.07) is 13.6. The van der Waals surface area contributed by atoms with E-state index in [9.17, 15) is 22.4 Å². The number of carbonyl (C=O) groups excluding carboxylic acids is 1. The second kappa shape index (κ2) is 13.0. The number of amides is 1. The van der Waals surface area contributed by atoms with Gasteiger partial charge in [-0.3, -0.25) is 9.78 Å². The van der Waals surface area contributed by atoms with Crippen molar-refractivity contribution >= 4 is 40.0 Å². The molecule has 1 saturated heterocycles. The first-order chi connectivity index (χ1) is 20.0. The molecule has 3 heterocycles. The maximum atomic E-state index is 14.3. The number of fused-ring (bicyclic) bond motifs is 1. The average Bonchev–Trinajstić information content (AvgIpc) is 3.47. The van der Waals surface area contributed by atoms with Crippen LogP contribution in [0.25, 0.3) is 22.2 Å². The van der Waals surface area contributed by atoms with Crippen molar-refractivity contribution in [3.8, 4) is 17.0 Å². The number of alkyl halides is 3. The molecule has 0 bridgehead atoms. The van der Waals surface area contributed by atoms with Gasteiger partial charge in [-0.2, -0.15) is 13.2 Å². The Bertz CT molecular complexity index is 1610. The average molecular weight is 585 g/mol. The van der Waals surface area contributed by atoms with Crippen LogP contribution in [0.4, 0.5) is 34.8 Å². The van der Waals surface area contributed by atoms with Gasteiger partial charge in [0.15, 0.2) is 0 Å². The van der Waals surface area contributed by atoms with Crippen LogP contribution in [0.2, 0.25) is 0 Å². The number of hydrogen-bond acceptors (Lipinski definition) is 8. The molecule has 14 heteroatoms. The number of aliphatic carboxylic acids is 1. The molecule has 2 aromatic carbocycles. The SMILES string of the molecule is C=CC(=O)Nc1cc2c(Nc3ccnc(-c4ccccc4F)c3)ncnc2cc1O[C@@H]1CCNC1.O=C(O)C(F)(F)F. The number of nitrogens with zero attached hydrogens (tertiary/aromatic N) is 3. The fourth-order valence-corrected chi connectivity index (χ4v) is 3.93. The van der Waals surface area contributed by atoms with E-state index in [1.54, 1.807) is 48.7 Å². The number of carbonyl (C=O) groups is 2. The van der Waals surface area contributed by atoms with Gasteiger partial charge in [0.05, 0.1) is 16.9 Å². The molecule has 4 aromatic rings. The molecule has 1 aliphatic rings. The number of ether oxygens (including phenoxy) is 1. The van der Waals surface area contributed by atoms with E-state index < -0.39 is 12.1 Å². The predicted octanol–water partition coefficient (Wildman–Crippen LogP) is 5.07. The van der Waals surface area contributed by atoms with E-state index in [-0.39, 0.29) is 17.8 Å². The van der Waals surface area contributed by atoms with Gasteiger partial charge in [-0.1, -0.05) is 18.7 Å². The fourth-order valence-electron chi connectivity index (χ4n) is 3.93. The van der Waals surface area contributed by atoms with E-state index in [1.807, 2.05) is 0 Å². The zero-order valence-electron chi connectivity index (χ0n) is 21.8. The van der Waals surface area contributed by atoms with Crippen LogP contribution in [0.3, 0.4) is 0 Å². The molecule has 218 valence electrons. The number of carboxylic acid groups (broad SMARTS) is 1. The Morgan fingerprint density at radius 2 is 1.88 bits per heavy atom. The van der Waals surface area contributed by atoms with E-state index in [1.165, 1.54) is 18.5 Å². The molecule has 0 spiro atoms. The second-order valence-electron chi connectivity index (χ2n) is 8.85. The van der Waals surface area contributed by atoms with E-state index in [2.05, 4.69) is 37.5 Å². The lowest BCUT2D eigenvalue weighted by Gasteiger charge is -2.18. The molecule has 1 aliphatic heterocycles. The van der Waals surface area contributed by atoms with Crippen molar-refractivity contribution in [3.63, 3.8) is 0 Å². The zero-order valence-corrected chi connectivity index (χ0v) is 21.8. The minimum atomic E-state index is -5.08. The van der Waals surface area contributed by atoms with Crippen molar-refractivity contribution < 1.29 is 37.0 Å². The van der Waals surface area contributed by atoms with Crippen molar-refractivity contribution in [1.29, 1.82) is 0 Å². The van der Waals surface area contributed by atoms with Crippen LogP contribution in [0.15, 0.2) is 73.7 Å². The van der Waals surface area contributed by atoms with Crippen LogP contribution in [0, 0.1) is 5.82 Å². The first kappa shape index (κ1) is 29.9. The van der Waals surface area contributed by atoms with E-state index in [0.29, 0.717) is 45.1 Å². The summed E-state index contributed by atoms with van der Waals surface area (Å²) in [5.41, 5.74) is 2.71. The summed E-state index contributed by atoms with van der Waals surface area (Å²) in [6.07, 6.45) is 0.0417. The zero-order chi connectivity index (χ0) is 30.3. The molecular weight excluding hydrogens is 560 g/mol. The fraction of sp³-hybridized carbons (Fsp3) is 0.179. The van der Waals surface area contributed by atoms with Crippen molar-refractivity contribution in [2.45, 2.75) is 18.7 Å². The molecule has 0 radical (unpaired) electrons. The maximum absolute atomic E-state index is 14.3. The van der Waals surface area contributed by atoms with Gasteiger partial charge in [0.1, 0.15) is 29.8 Å². The number of anilines is 3. The monoisotopic (exact) mass is 584 g/mol. The Kier molecular flexibility index (Phi) is 9.27. The van der Waals surface area contributed by atoms with Crippen LogP contribution in [0.5, 0.6) is 5.75 Å². The van der Waals surface area contributed by atoms with Crippen LogP contribution in [-0.2, 0) is 9.59 Å². The number of benzene rings is 2. The third kappa shape index (κ3) is 7.54. The molecule has 0 unspecified atom stereocenters. The molecule has 1 fully saturated rings. The third-order valence-electron chi connectivity index (χ3n) is 5.90. The number of carboxylic acids is 1. The summed E-state index contributed by atoms with van der Waals surface area (Å²) in [5, 5.41) is 17.1. The van der Waals surface area contributed by atoms with Gasteiger partial charge in [0, 0.05) is 35.4 Å². The summed E-state index contributed by atoms with van der Waals surface area (Å²) in [5.74, 6) is -2.42. The standard InChI is InChI=1S/C26H23FN6O2.C2HF3O2/c1-2-25(34)33-23-12-19-22(13-24(23)35-17-8-9-28-14-17)30-15-31-26(19)32-16-7-10-29-21(11-16)18-5-3-4-6-20(18)27;3-2(4,5)1(6)7/h2-7,10-13,15,17,28H,1,8-9,14H2,(H,33,34)(H,29,30,31,32);(H,6,7)/t17-;/m1./s1. The smallest absolute Gasteiger partial charge is 0.487 e. The first-order valence-corrected chi connectivity index (χ1v) is 12.4. The Hall–Kier alpha value is -5.11. The molecule has 0 saturated carbocycles. The van der Waals surface area contributed by atoms with Crippen molar-refractivity contribution in [2.75, 3.05) is 23.7 Å². The maximum Gasteiger partial charge on any atom is 0.490 e. The van der Waals surface area contributed by atoms with Gasteiger partial charge in [0.25, 0.3) is 0 Å². The first-order valence-electron chi connectivity index (χ1n) is 12.4. The van der Waals surface area contributed by atoms with Gasteiger partial charge in [-0.25, -0.2) is 19.2 Å². The Balaban J connectivity index is 0.000000517. The Labute approximate surface area is 236 Å². The quantitative estimate of drug-likeness (QED) is 0.173. The molecule has 2 aromatic heterocycles. The number of halogens is 4. The van der Waals surface area contributed by atoms with Crippen LogP contribution in [-0.4, -0.2) is 57.3 Å². The van der Waals surface area contributed by atoms with Gasteiger partial charge in [-0.05, 0) is 49.4 Å². The number of hydrogen-bond donors (Lipinski definition) is 4. The lowest BCUT2D eigenvalue weighted by Crippen LogP contribution is -2.21. The summed E-state index contributed by atoms with van der Waals surface area (Å²) >= 11 is 0. The highest BCUT2D eigenvalue weighted by molar-refractivity contribution is 6.03. The highest BCUT2D eigenvalue weighted by Crippen LogP contribution is 2.35. The second-order valence-corrected chi connectivity index (χ2v) is 8.85. The predicted molar refractivity (Wildman–Crippen MR) is 147 cm³/mol. The lowest BCUT2D eigenvalue weighted by molar-refractivity contribution is -0.192. The number of aromatic nitrogens is 3. The molecule has 0 aliphatic carbocycles. The topological polar surface area (TPSA) is 138 Å². The number of pyridine rings is 1. The van der Waals surface area contributed by atoms with Gasteiger partial charge in [0.2, 0.25) is 5.91 Å².